The zero-order valence-electron chi connectivity index (χ0n) is 12.3. The summed E-state index contributed by atoms with van der Waals surface area (Å²) in [6.07, 6.45) is 5.10. The third-order valence-electron chi connectivity index (χ3n) is 4.47. The van der Waals surface area contributed by atoms with Crippen molar-refractivity contribution >= 4 is 27.6 Å². The number of carbonyl (C=O) groups is 1. The molecule has 3 rings (SSSR count). The van der Waals surface area contributed by atoms with E-state index >= 15 is 0 Å². The van der Waals surface area contributed by atoms with E-state index in [1.54, 1.807) is 0 Å². The number of esters is 1. The lowest BCUT2D eigenvalue weighted by molar-refractivity contribution is 0.0601. The number of rotatable bonds is 4. The van der Waals surface area contributed by atoms with E-state index in [-0.39, 0.29) is 5.97 Å². The fourth-order valence-corrected chi connectivity index (χ4v) is 3.44. The average molecular weight is 353 g/mol. The fraction of sp³-hybridized carbons (Fsp3) is 0.562. The lowest BCUT2D eigenvalue weighted by Crippen LogP contribution is -2.43. The highest BCUT2D eigenvalue weighted by Gasteiger charge is 2.29. The monoisotopic (exact) mass is 352 g/mol. The molecule has 0 aromatic heterocycles. The van der Waals surface area contributed by atoms with E-state index < -0.39 is 0 Å². The molecule has 0 spiro atoms. The molecule has 5 heteroatoms. The van der Waals surface area contributed by atoms with Crippen LogP contribution in [0.2, 0.25) is 0 Å². The van der Waals surface area contributed by atoms with Crippen molar-refractivity contribution < 1.29 is 9.53 Å². The molecule has 1 atom stereocenters. The van der Waals surface area contributed by atoms with Gasteiger partial charge in [-0.1, -0.05) is 22.4 Å². The summed E-state index contributed by atoms with van der Waals surface area (Å²) in [6.45, 7) is 1.94. The maximum atomic E-state index is 12.0. The Kier molecular flexibility index (Phi) is 4.50. The highest BCUT2D eigenvalue weighted by molar-refractivity contribution is 9.10. The van der Waals surface area contributed by atoms with Crippen molar-refractivity contribution in [2.75, 3.05) is 25.1 Å². The SMILES string of the molecule is COC(=O)c1cc(Br)ccc1N1CC[C@@H](NC2CCC2)C1. The van der Waals surface area contributed by atoms with E-state index in [2.05, 4.69) is 26.1 Å². The second-order valence-electron chi connectivity index (χ2n) is 5.88. The summed E-state index contributed by atoms with van der Waals surface area (Å²) < 4.78 is 5.81. The second-order valence-corrected chi connectivity index (χ2v) is 6.79. The zero-order valence-corrected chi connectivity index (χ0v) is 13.9. The summed E-state index contributed by atoms with van der Waals surface area (Å²) in [4.78, 5) is 14.3. The fourth-order valence-electron chi connectivity index (χ4n) is 3.08. The van der Waals surface area contributed by atoms with E-state index in [1.807, 2.05) is 18.2 Å². The van der Waals surface area contributed by atoms with Crippen LogP contribution in [0.25, 0.3) is 0 Å². The molecule has 4 nitrogen and oxygen atoms in total. The number of nitrogens with zero attached hydrogens (tertiary/aromatic N) is 1. The molecular weight excluding hydrogens is 332 g/mol. The molecule has 1 aliphatic heterocycles. The third kappa shape index (κ3) is 3.24. The van der Waals surface area contributed by atoms with Crippen LogP contribution in [-0.4, -0.2) is 38.3 Å². The van der Waals surface area contributed by atoms with Crippen LogP contribution in [-0.2, 0) is 4.74 Å². The van der Waals surface area contributed by atoms with E-state index in [1.165, 1.54) is 26.4 Å². The normalized spacial score (nSPS) is 22.2. The van der Waals surface area contributed by atoms with Crippen molar-refractivity contribution in [2.45, 2.75) is 37.8 Å². The van der Waals surface area contributed by atoms with Gasteiger partial charge in [0.15, 0.2) is 0 Å². The number of anilines is 1. The predicted molar refractivity (Wildman–Crippen MR) is 86.9 cm³/mol. The van der Waals surface area contributed by atoms with Crippen molar-refractivity contribution in [1.82, 2.24) is 5.32 Å². The quantitative estimate of drug-likeness (QED) is 0.845. The van der Waals surface area contributed by atoms with Gasteiger partial charge in [0.2, 0.25) is 0 Å². The van der Waals surface area contributed by atoms with Crippen LogP contribution in [0, 0.1) is 0 Å². The standard InChI is InChI=1S/C16H21BrN2O2/c1-21-16(20)14-9-11(17)5-6-15(14)19-8-7-13(10-19)18-12-3-2-4-12/h5-6,9,12-13,18H,2-4,7-8,10H2,1H3/t13-/m1/s1. The first-order valence-corrected chi connectivity index (χ1v) is 8.35. The van der Waals surface area contributed by atoms with Gasteiger partial charge in [-0.15, -0.1) is 0 Å². The van der Waals surface area contributed by atoms with Crippen LogP contribution in [0.5, 0.6) is 0 Å². The van der Waals surface area contributed by atoms with Crippen LogP contribution in [0.15, 0.2) is 22.7 Å². The largest absolute Gasteiger partial charge is 0.465 e. The number of hydrogen-bond donors (Lipinski definition) is 1. The van der Waals surface area contributed by atoms with E-state index in [9.17, 15) is 4.79 Å². The molecule has 2 fully saturated rings. The Morgan fingerprint density at radius 1 is 1.33 bits per heavy atom. The Bertz CT molecular complexity index is 531. The lowest BCUT2D eigenvalue weighted by atomic mass is 9.92. The Morgan fingerprint density at radius 3 is 2.81 bits per heavy atom. The molecule has 0 radical (unpaired) electrons. The molecule has 0 amide bonds. The Morgan fingerprint density at radius 2 is 2.14 bits per heavy atom. The van der Waals surface area contributed by atoms with Crippen molar-refractivity contribution in [3.05, 3.63) is 28.2 Å². The second kappa shape index (κ2) is 6.36. The van der Waals surface area contributed by atoms with Crippen LogP contribution >= 0.6 is 15.9 Å². The average Bonchev–Trinajstić information content (AvgIpc) is 2.90. The number of nitrogens with one attached hydrogen (secondary N) is 1. The van der Waals surface area contributed by atoms with Gasteiger partial charge >= 0.3 is 5.97 Å². The van der Waals surface area contributed by atoms with Gasteiger partial charge in [0.1, 0.15) is 0 Å². The Labute approximate surface area is 134 Å². The minimum absolute atomic E-state index is 0.276. The van der Waals surface area contributed by atoms with E-state index in [0.717, 1.165) is 29.7 Å². The predicted octanol–water partition coefficient (Wildman–Crippen LogP) is 2.96. The minimum Gasteiger partial charge on any atom is -0.465 e. The van der Waals surface area contributed by atoms with E-state index in [4.69, 9.17) is 4.74 Å². The summed E-state index contributed by atoms with van der Waals surface area (Å²) in [7, 11) is 1.43. The molecule has 0 bridgehead atoms. The van der Waals surface area contributed by atoms with Gasteiger partial charge in [-0.2, -0.15) is 0 Å². The Balaban J connectivity index is 1.73. The molecule has 1 aromatic carbocycles. The topological polar surface area (TPSA) is 41.6 Å². The van der Waals surface area contributed by atoms with Gasteiger partial charge < -0.3 is 15.0 Å². The van der Waals surface area contributed by atoms with Gasteiger partial charge in [-0.3, -0.25) is 0 Å². The van der Waals surface area contributed by atoms with Crippen LogP contribution in [0.1, 0.15) is 36.0 Å². The lowest BCUT2D eigenvalue weighted by Gasteiger charge is -2.30. The highest BCUT2D eigenvalue weighted by Crippen LogP contribution is 2.29. The van der Waals surface area contributed by atoms with Crippen molar-refractivity contribution in [3.63, 3.8) is 0 Å². The van der Waals surface area contributed by atoms with Crippen molar-refractivity contribution in [3.8, 4) is 0 Å². The number of hydrogen-bond acceptors (Lipinski definition) is 4. The van der Waals surface area contributed by atoms with Crippen molar-refractivity contribution in [1.29, 1.82) is 0 Å². The smallest absolute Gasteiger partial charge is 0.340 e. The first-order chi connectivity index (χ1) is 10.2. The molecular formula is C16H21BrN2O2. The van der Waals surface area contributed by atoms with Crippen molar-refractivity contribution in [2.24, 2.45) is 0 Å². The van der Waals surface area contributed by atoms with Gasteiger partial charge in [-0.25, -0.2) is 4.79 Å². The first-order valence-electron chi connectivity index (χ1n) is 7.56. The summed E-state index contributed by atoms with van der Waals surface area (Å²) in [5, 5.41) is 3.72. The maximum Gasteiger partial charge on any atom is 0.340 e. The first kappa shape index (κ1) is 14.9. The molecule has 1 saturated carbocycles. The zero-order chi connectivity index (χ0) is 14.8. The molecule has 1 saturated heterocycles. The van der Waals surface area contributed by atoms with Gasteiger partial charge in [-0.05, 0) is 37.5 Å². The number of benzene rings is 1. The summed E-state index contributed by atoms with van der Waals surface area (Å²) in [5.41, 5.74) is 1.61. The summed E-state index contributed by atoms with van der Waals surface area (Å²) in [5.74, 6) is -0.276. The van der Waals surface area contributed by atoms with Crippen LogP contribution in [0.3, 0.4) is 0 Å². The molecule has 2 aliphatic rings. The van der Waals surface area contributed by atoms with Crippen LogP contribution < -0.4 is 10.2 Å². The number of ether oxygens (including phenoxy) is 1. The molecule has 1 heterocycles. The number of carbonyl (C=O) groups excluding carboxylic acids is 1. The van der Waals surface area contributed by atoms with E-state index in [0.29, 0.717) is 17.6 Å². The molecule has 1 aliphatic carbocycles. The molecule has 1 aromatic rings. The van der Waals surface area contributed by atoms with Gasteiger partial charge in [0, 0.05) is 29.6 Å². The summed E-state index contributed by atoms with van der Waals surface area (Å²) >= 11 is 3.43. The number of methoxy groups -OCH3 is 1. The highest BCUT2D eigenvalue weighted by atomic mass is 79.9. The summed E-state index contributed by atoms with van der Waals surface area (Å²) in [6, 6.07) is 7.06. The van der Waals surface area contributed by atoms with Gasteiger partial charge in [0.05, 0.1) is 18.4 Å². The molecule has 114 valence electrons. The maximum absolute atomic E-state index is 12.0. The third-order valence-corrected chi connectivity index (χ3v) is 4.96. The number of halogens is 1. The van der Waals surface area contributed by atoms with Crippen LogP contribution in [0.4, 0.5) is 5.69 Å². The molecule has 0 unspecified atom stereocenters. The molecule has 1 N–H and O–H groups in total. The minimum atomic E-state index is -0.276. The van der Waals surface area contributed by atoms with Gasteiger partial charge in [0.25, 0.3) is 0 Å². The molecule has 21 heavy (non-hydrogen) atoms. The Hall–Kier alpha value is -1.07.